The quantitative estimate of drug-likeness (QED) is 0.371. The molecule has 0 N–H and O–H groups in total. The van der Waals surface area contributed by atoms with Gasteiger partial charge in [0.25, 0.3) is 0 Å². The average Bonchev–Trinajstić information content (AvgIpc) is 3.06. The SMILES string of the molecule is Fc1cc(Br)cc(Cl)c1C1=C2C=CC(Br)=[N+]2[B-](F)(F)n2c(Br)ccc21. The van der Waals surface area contributed by atoms with Gasteiger partial charge in [-0.05, 0) is 40.2 Å². The molecule has 0 radical (unpaired) electrons. The van der Waals surface area contributed by atoms with Crippen molar-refractivity contribution in [3.8, 4) is 0 Å². The minimum Gasteiger partial charge on any atom is -0.389 e. The number of rotatable bonds is 1. The maximum atomic E-state index is 15.1. The van der Waals surface area contributed by atoms with E-state index in [0.29, 0.717) is 10.0 Å². The van der Waals surface area contributed by atoms with Crippen LogP contribution in [0.3, 0.4) is 0 Å². The van der Waals surface area contributed by atoms with Crippen LogP contribution in [0.4, 0.5) is 13.0 Å². The average molecular weight is 557 g/mol. The zero-order valence-corrected chi connectivity index (χ0v) is 17.6. The van der Waals surface area contributed by atoms with E-state index in [1.807, 2.05) is 0 Å². The van der Waals surface area contributed by atoms with Crippen molar-refractivity contribution in [2.75, 3.05) is 0 Å². The fourth-order valence-electron chi connectivity index (χ4n) is 3.17. The van der Waals surface area contributed by atoms with Crippen LogP contribution >= 0.6 is 59.4 Å². The molecule has 0 aliphatic carbocycles. The molecule has 0 bridgehead atoms. The molecule has 10 heteroatoms. The first kappa shape index (κ1) is 17.6. The molecule has 0 atom stereocenters. The van der Waals surface area contributed by atoms with E-state index >= 15 is 8.63 Å². The Hall–Kier alpha value is -0.765. The number of hydrogen-bond donors (Lipinski definition) is 0. The molecule has 128 valence electrons. The zero-order chi connectivity index (χ0) is 18.1. The van der Waals surface area contributed by atoms with E-state index < -0.39 is 12.8 Å². The minimum atomic E-state index is -4.15. The Labute approximate surface area is 171 Å². The smallest absolute Gasteiger partial charge is 0.389 e. The lowest BCUT2D eigenvalue weighted by Crippen LogP contribution is -2.50. The molecule has 0 fully saturated rings. The Bertz CT molecular complexity index is 1020. The van der Waals surface area contributed by atoms with Crippen molar-refractivity contribution in [2.45, 2.75) is 0 Å². The summed E-state index contributed by atoms with van der Waals surface area (Å²) >= 11 is 15.8. The van der Waals surface area contributed by atoms with Crippen molar-refractivity contribution in [1.29, 1.82) is 0 Å². The summed E-state index contributed by atoms with van der Waals surface area (Å²) in [4.78, 5) is 0. The van der Waals surface area contributed by atoms with Gasteiger partial charge in [-0.1, -0.05) is 27.5 Å². The van der Waals surface area contributed by atoms with Crippen molar-refractivity contribution in [2.24, 2.45) is 0 Å². The second-order valence-electron chi connectivity index (χ2n) is 5.53. The maximum Gasteiger partial charge on any atom is 0.738 e. The molecule has 2 aliphatic heterocycles. The molecule has 1 aromatic heterocycles. The lowest BCUT2D eigenvalue weighted by molar-refractivity contribution is -0.358. The monoisotopic (exact) mass is 554 g/mol. The summed E-state index contributed by atoms with van der Waals surface area (Å²) in [5, 5.41) is 0.132. The first-order valence-electron chi connectivity index (χ1n) is 7.02. The molecule has 0 amide bonds. The number of fused-ring (bicyclic) bond motifs is 2. The second kappa shape index (κ2) is 5.87. The van der Waals surface area contributed by atoms with E-state index in [4.69, 9.17) is 11.6 Å². The summed E-state index contributed by atoms with van der Waals surface area (Å²) in [5.74, 6) is -0.597. The predicted octanol–water partition coefficient (Wildman–Crippen LogP) is 6.18. The van der Waals surface area contributed by atoms with Gasteiger partial charge in [0.15, 0.2) is 5.70 Å². The number of hydrogen-bond acceptors (Lipinski definition) is 0. The predicted molar refractivity (Wildman–Crippen MR) is 104 cm³/mol. The Kier molecular flexibility index (Phi) is 4.14. The van der Waals surface area contributed by atoms with Crippen molar-refractivity contribution in [1.82, 2.24) is 4.48 Å². The topological polar surface area (TPSA) is 7.94 Å². The number of benzene rings is 1. The van der Waals surface area contributed by atoms with Gasteiger partial charge in [0, 0.05) is 43.8 Å². The third-order valence-corrected chi connectivity index (χ3v) is 6.18. The van der Waals surface area contributed by atoms with Crippen LogP contribution < -0.4 is 0 Å². The molecule has 0 saturated heterocycles. The number of halogens is 7. The van der Waals surface area contributed by atoms with Gasteiger partial charge in [-0.3, -0.25) is 0 Å². The Morgan fingerprint density at radius 3 is 2.48 bits per heavy atom. The van der Waals surface area contributed by atoms with Crippen LogP contribution in [0.15, 0.2) is 51.2 Å². The third-order valence-electron chi connectivity index (χ3n) is 4.13. The molecule has 4 rings (SSSR count). The molecule has 2 aromatic rings. The van der Waals surface area contributed by atoms with Gasteiger partial charge < -0.3 is 17.6 Å². The summed E-state index contributed by atoms with van der Waals surface area (Å²) in [6.45, 7) is -4.15. The van der Waals surface area contributed by atoms with Crippen LogP contribution in [0.1, 0.15) is 11.3 Å². The first-order valence-corrected chi connectivity index (χ1v) is 9.78. The number of nitrogens with zero attached hydrogens (tertiary/aromatic N) is 2. The van der Waals surface area contributed by atoms with Crippen LogP contribution in [0, 0.1) is 5.82 Å². The van der Waals surface area contributed by atoms with E-state index in [0.717, 1.165) is 8.96 Å². The Morgan fingerprint density at radius 1 is 1.08 bits per heavy atom. The van der Waals surface area contributed by atoms with Crippen LogP contribution in [0.5, 0.6) is 0 Å². The summed E-state index contributed by atoms with van der Waals surface area (Å²) in [6.07, 6.45) is 3.04. The van der Waals surface area contributed by atoms with Gasteiger partial charge >= 0.3 is 6.97 Å². The van der Waals surface area contributed by atoms with E-state index in [9.17, 15) is 4.39 Å². The van der Waals surface area contributed by atoms with Crippen molar-refractivity contribution in [3.05, 3.63) is 73.3 Å². The largest absolute Gasteiger partial charge is 0.738 e. The summed E-state index contributed by atoms with van der Waals surface area (Å²) in [5.41, 5.74) is 0.769. The fraction of sp³-hybridized carbons (Fsp3) is 0. The van der Waals surface area contributed by atoms with Gasteiger partial charge in [-0.2, -0.15) is 0 Å². The van der Waals surface area contributed by atoms with Crippen molar-refractivity contribution in [3.63, 3.8) is 0 Å². The van der Waals surface area contributed by atoms with Gasteiger partial charge in [0.2, 0.25) is 4.62 Å². The van der Waals surface area contributed by atoms with E-state index in [-0.39, 0.29) is 31.2 Å². The molecule has 0 saturated carbocycles. The molecular formula is C15H6BBr3ClF3N2. The van der Waals surface area contributed by atoms with Crippen molar-refractivity contribution < 1.29 is 17.5 Å². The van der Waals surface area contributed by atoms with Crippen LogP contribution in [-0.2, 0) is 0 Å². The molecule has 0 spiro atoms. The molecule has 2 nitrogen and oxygen atoms in total. The second-order valence-corrected chi connectivity index (χ2v) is 8.48. The maximum absolute atomic E-state index is 15.1. The molecule has 25 heavy (non-hydrogen) atoms. The normalized spacial score (nSPS) is 18.0. The van der Waals surface area contributed by atoms with Crippen LogP contribution in [-0.4, -0.2) is 20.6 Å². The van der Waals surface area contributed by atoms with Gasteiger partial charge in [0.1, 0.15) is 5.82 Å². The zero-order valence-electron chi connectivity index (χ0n) is 12.1. The Morgan fingerprint density at radius 2 is 1.80 bits per heavy atom. The highest BCUT2D eigenvalue weighted by Crippen LogP contribution is 2.44. The highest BCUT2D eigenvalue weighted by atomic mass is 79.9. The Balaban J connectivity index is 2.16. The van der Waals surface area contributed by atoms with Crippen LogP contribution in [0.2, 0.25) is 5.02 Å². The van der Waals surface area contributed by atoms with E-state index in [1.54, 1.807) is 0 Å². The molecular weight excluding hydrogens is 551 g/mol. The van der Waals surface area contributed by atoms with Gasteiger partial charge in [0.05, 0.1) is 15.2 Å². The fourth-order valence-corrected chi connectivity index (χ4v) is 5.17. The molecule has 1 aromatic carbocycles. The molecule has 0 unspecified atom stereocenters. The van der Waals surface area contributed by atoms with E-state index in [2.05, 4.69) is 47.8 Å². The van der Waals surface area contributed by atoms with Crippen molar-refractivity contribution >= 4 is 76.6 Å². The summed E-state index contributed by atoms with van der Waals surface area (Å²) < 4.78 is 47.6. The minimum absolute atomic E-state index is 0.0786. The van der Waals surface area contributed by atoms with Gasteiger partial charge in [-0.15, -0.1) is 0 Å². The highest BCUT2D eigenvalue weighted by molar-refractivity contribution is 9.18. The summed E-state index contributed by atoms with van der Waals surface area (Å²) in [7, 11) is 0. The lowest BCUT2D eigenvalue weighted by atomic mass is 9.86. The number of allylic oxidation sites excluding steroid dienone is 2. The highest BCUT2D eigenvalue weighted by Gasteiger charge is 2.54. The standard InChI is InChI=1S/C15H6BBr3ClF3N2/c17-7-5-8(20)14(9(21)6-7)15-10-1-3-12(18)24(10)16(22,23)25-11(15)2-4-13(25)19/h1-6H. The lowest BCUT2D eigenvalue weighted by Gasteiger charge is -2.32. The first-order chi connectivity index (χ1) is 11.7. The van der Waals surface area contributed by atoms with Gasteiger partial charge in [-0.25, -0.2) is 4.39 Å². The third kappa shape index (κ3) is 2.46. The number of aromatic nitrogens is 1. The van der Waals surface area contributed by atoms with E-state index in [1.165, 1.54) is 36.4 Å². The summed E-state index contributed by atoms with van der Waals surface area (Å²) in [6, 6.07) is 5.83. The van der Waals surface area contributed by atoms with Crippen LogP contribution in [0.25, 0.3) is 5.57 Å². The molecule has 3 heterocycles. The molecule has 2 aliphatic rings.